The molecule has 0 aliphatic carbocycles. The fraction of sp³-hybridized carbons (Fsp3) is 0.385. The number of rotatable bonds is 1. The van der Waals surface area contributed by atoms with Gasteiger partial charge in [0, 0.05) is 6.61 Å². The molecular formula is C13H11F3N2O2. The molecule has 0 amide bonds. The van der Waals surface area contributed by atoms with E-state index in [4.69, 9.17) is 4.74 Å². The van der Waals surface area contributed by atoms with E-state index < -0.39 is 17.3 Å². The Bertz CT molecular complexity index is 703. The molecule has 7 heteroatoms. The zero-order valence-electron chi connectivity index (χ0n) is 10.4. The van der Waals surface area contributed by atoms with E-state index in [2.05, 4.69) is 4.98 Å². The van der Waals surface area contributed by atoms with Crippen molar-refractivity contribution in [3.8, 4) is 0 Å². The zero-order valence-corrected chi connectivity index (χ0v) is 10.4. The molecular weight excluding hydrogens is 273 g/mol. The Morgan fingerprint density at radius 3 is 2.80 bits per heavy atom. The van der Waals surface area contributed by atoms with Crippen LogP contribution in [0.3, 0.4) is 0 Å². The standard InChI is InChI=1S/C13H11F3N2O2/c14-13(15,16)9-2-1-3-10-11(9)12(19)18(7-17-10)8-4-5-20-6-8/h1-3,7-8H,4-6H2/t8-/m0/s1. The van der Waals surface area contributed by atoms with E-state index in [1.807, 2.05) is 0 Å². The van der Waals surface area contributed by atoms with Crippen molar-refractivity contribution in [3.05, 3.63) is 40.4 Å². The summed E-state index contributed by atoms with van der Waals surface area (Å²) in [6.07, 6.45) is -2.68. The lowest BCUT2D eigenvalue weighted by Crippen LogP contribution is -2.27. The van der Waals surface area contributed by atoms with Crippen LogP contribution < -0.4 is 5.56 Å². The highest BCUT2D eigenvalue weighted by Crippen LogP contribution is 2.33. The van der Waals surface area contributed by atoms with Crippen molar-refractivity contribution < 1.29 is 17.9 Å². The Kier molecular flexibility index (Phi) is 3.01. The van der Waals surface area contributed by atoms with Gasteiger partial charge < -0.3 is 4.74 Å². The van der Waals surface area contributed by atoms with Crippen molar-refractivity contribution in [1.29, 1.82) is 0 Å². The SMILES string of the molecule is O=c1c2c(C(F)(F)F)cccc2ncn1[C@H]1CCOC1. The summed E-state index contributed by atoms with van der Waals surface area (Å²) in [4.78, 5) is 16.3. The topological polar surface area (TPSA) is 44.1 Å². The van der Waals surface area contributed by atoms with Crippen molar-refractivity contribution in [2.45, 2.75) is 18.6 Å². The van der Waals surface area contributed by atoms with E-state index in [1.54, 1.807) is 0 Å². The fourth-order valence-electron chi connectivity index (χ4n) is 2.42. The number of hydrogen-bond acceptors (Lipinski definition) is 3. The molecule has 0 saturated carbocycles. The first-order chi connectivity index (χ1) is 9.48. The van der Waals surface area contributed by atoms with Gasteiger partial charge in [-0.25, -0.2) is 4.98 Å². The van der Waals surface area contributed by atoms with E-state index >= 15 is 0 Å². The largest absolute Gasteiger partial charge is 0.417 e. The maximum atomic E-state index is 13.0. The molecule has 4 nitrogen and oxygen atoms in total. The Balaban J connectivity index is 2.28. The Morgan fingerprint density at radius 2 is 2.15 bits per heavy atom. The van der Waals surface area contributed by atoms with Gasteiger partial charge in [0.1, 0.15) is 0 Å². The molecule has 3 rings (SSSR count). The van der Waals surface area contributed by atoms with Crippen LogP contribution in [0.15, 0.2) is 29.3 Å². The second-order valence-electron chi connectivity index (χ2n) is 4.67. The van der Waals surface area contributed by atoms with Gasteiger partial charge in [-0.05, 0) is 18.6 Å². The van der Waals surface area contributed by atoms with Gasteiger partial charge in [0.25, 0.3) is 5.56 Å². The number of ether oxygens (including phenoxy) is 1. The average molecular weight is 284 g/mol. The van der Waals surface area contributed by atoms with Gasteiger partial charge in [0.15, 0.2) is 0 Å². The highest BCUT2D eigenvalue weighted by Gasteiger charge is 2.34. The van der Waals surface area contributed by atoms with Crippen LogP contribution in [-0.4, -0.2) is 22.8 Å². The number of fused-ring (bicyclic) bond motifs is 1. The van der Waals surface area contributed by atoms with Crippen molar-refractivity contribution in [1.82, 2.24) is 9.55 Å². The number of hydrogen-bond donors (Lipinski definition) is 0. The molecule has 2 heterocycles. The molecule has 106 valence electrons. The lowest BCUT2D eigenvalue weighted by atomic mass is 10.1. The lowest BCUT2D eigenvalue weighted by molar-refractivity contribution is -0.136. The summed E-state index contributed by atoms with van der Waals surface area (Å²) >= 11 is 0. The maximum Gasteiger partial charge on any atom is 0.417 e. The van der Waals surface area contributed by atoms with E-state index in [1.165, 1.54) is 23.0 Å². The molecule has 20 heavy (non-hydrogen) atoms. The molecule has 1 fully saturated rings. The predicted octanol–water partition coefficient (Wildman–Crippen LogP) is 2.38. The van der Waals surface area contributed by atoms with E-state index in [9.17, 15) is 18.0 Å². The summed E-state index contributed by atoms with van der Waals surface area (Å²) in [7, 11) is 0. The van der Waals surface area contributed by atoms with Gasteiger partial charge in [-0.2, -0.15) is 13.2 Å². The summed E-state index contributed by atoms with van der Waals surface area (Å²) in [6, 6.07) is 3.31. The van der Waals surface area contributed by atoms with Crippen LogP contribution in [0.5, 0.6) is 0 Å². The summed E-state index contributed by atoms with van der Waals surface area (Å²) in [5.74, 6) is 0. The van der Waals surface area contributed by atoms with Gasteiger partial charge in [-0.1, -0.05) is 6.07 Å². The Hall–Kier alpha value is -1.89. The minimum atomic E-state index is -4.58. The van der Waals surface area contributed by atoms with Crippen LogP contribution >= 0.6 is 0 Å². The molecule has 1 aromatic carbocycles. The van der Waals surface area contributed by atoms with Crippen LogP contribution in [0.25, 0.3) is 10.9 Å². The van der Waals surface area contributed by atoms with Crippen LogP contribution in [-0.2, 0) is 10.9 Å². The summed E-state index contributed by atoms with van der Waals surface area (Å²) < 4.78 is 45.4. The van der Waals surface area contributed by atoms with Crippen molar-refractivity contribution in [2.24, 2.45) is 0 Å². The normalized spacial score (nSPS) is 19.6. The third-order valence-electron chi connectivity index (χ3n) is 3.42. The smallest absolute Gasteiger partial charge is 0.379 e. The quantitative estimate of drug-likeness (QED) is 0.807. The van der Waals surface area contributed by atoms with Crippen LogP contribution in [0.1, 0.15) is 18.0 Å². The molecule has 0 unspecified atom stereocenters. The lowest BCUT2D eigenvalue weighted by Gasteiger charge is -2.14. The fourth-order valence-corrected chi connectivity index (χ4v) is 2.42. The minimum Gasteiger partial charge on any atom is -0.379 e. The van der Waals surface area contributed by atoms with E-state index in [-0.39, 0.29) is 16.9 Å². The van der Waals surface area contributed by atoms with Gasteiger partial charge in [0.05, 0.1) is 35.4 Å². The second kappa shape index (κ2) is 4.59. The van der Waals surface area contributed by atoms with Crippen molar-refractivity contribution in [2.75, 3.05) is 13.2 Å². The van der Waals surface area contributed by atoms with Crippen LogP contribution in [0, 0.1) is 0 Å². The van der Waals surface area contributed by atoms with Crippen molar-refractivity contribution in [3.63, 3.8) is 0 Å². The molecule has 0 radical (unpaired) electrons. The monoisotopic (exact) mass is 284 g/mol. The molecule has 1 aliphatic heterocycles. The summed E-state index contributed by atoms with van der Waals surface area (Å²) in [6.45, 7) is 0.817. The number of aromatic nitrogens is 2. The Morgan fingerprint density at radius 1 is 1.35 bits per heavy atom. The first-order valence-corrected chi connectivity index (χ1v) is 6.13. The summed E-state index contributed by atoms with van der Waals surface area (Å²) in [5, 5.41) is -0.380. The number of alkyl halides is 3. The van der Waals surface area contributed by atoms with Crippen LogP contribution in [0.2, 0.25) is 0 Å². The number of halogens is 3. The molecule has 1 aromatic heterocycles. The van der Waals surface area contributed by atoms with Gasteiger partial charge in [-0.15, -0.1) is 0 Å². The third-order valence-corrected chi connectivity index (χ3v) is 3.42. The molecule has 1 aliphatic rings. The number of benzene rings is 1. The minimum absolute atomic E-state index is 0.0555. The first-order valence-electron chi connectivity index (χ1n) is 6.13. The van der Waals surface area contributed by atoms with E-state index in [0.717, 1.165) is 6.07 Å². The van der Waals surface area contributed by atoms with Crippen molar-refractivity contribution >= 4 is 10.9 Å². The molecule has 0 N–H and O–H groups in total. The van der Waals surface area contributed by atoms with Gasteiger partial charge in [-0.3, -0.25) is 9.36 Å². The molecule has 0 spiro atoms. The second-order valence-corrected chi connectivity index (χ2v) is 4.67. The van der Waals surface area contributed by atoms with E-state index in [0.29, 0.717) is 19.6 Å². The molecule has 1 saturated heterocycles. The number of nitrogens with zero attached hydrogens (tertiary/aromatic N) is 2. The highest BCUT2D eigenvalue weighted by atomic mass is 19.4. The van der Waals surface area contributed by atoms with Gasteiger partial charge >= 0.3 is 6.18 Å². The average Bonchev–Trinajstić information content (AvgIpc) is 2.91. The molecule has 0 bridgehead atoms. The summed E-state index contributed by atoms with van der Waals surface area (Å²) in [5.41, 5.74) is -1.56. The first kappa shape index (κ1) is 13.1. The van der Waals surface area contributed by atoms with Gasteiger partial charge in [0.2, 0.25) is 0 Å². The highest BCUT2D eigenvalue weighted by molar-refractivity contribution is 5.81. The maximum absolute atomic E-state index is 13.0. The third kappa shape index (κ3) is 2.07. The predicted molar refractivity (Wildman–Crippen MR) is 65.5 cm³/mol. The zero-order chi connectivity index (χ0) is 14.3. The van der Waals surface area contributed by atoms with Crippen LogP contribution in [0.4, 0.5) is 13.2 Å². The molecule has 2 aromatic rings. The Labute approximate surface area is 111 Å². The molecule has 1 atom stereocenters.